The number of amides is 4. The molecule has 4 heterocycles. The molecule has 4 amide bonds. The summed E-state index contributed by atoms with van der Waals surface area (Å²) in [5, 5.41) is 3.27. The third kappa shape index (κ3) is 3.73. The fourth-order valence-electron chi connectivity index (χ4n) is 4.82. The van der Waals surface area contributed by atoms with Gasteiger partial charge in [-0.15, -0.1) is 0 Å². The Morgan fingerprint density at radius 1 is 1.19 bits per heavy atom. The second kappa shape index (κ2) is 8.04. The van der Waals surface area contributed by atoms with E-state index in [4.69, 9.17) is 11.6 Å². The lowest BCUT2D eigenvalue weighted by Crippen LogP contribution is -2.42. The molecule has 2 saturated heterocycles. The highest BCUT2D eigenvalue weighted by Gasteiger charge is 2.49. The van der Waals surface area contributed by atoms with Crippen LogP contribution in [0.15, 0.2) is 24.4 Å². The number of halogens is 1. The lowest BCUT2D eigenvalue weighted by molar-refractivity contribution is -0.133. The standard InChI is InChI=1S/C22H24ClN5O3S/c1-14(29)27-8-5-22(12-27)13-28(21(31)25-20-24-11-18(23)32-20)17-4-3-15(9-16(17)22)10-19(30)26-6-2-7-26/h3-4,9,11H,2,5-8,10,12-13H2,1H3,(H,24,25,31). The zero-order valence-electron chi connectivity index (χ0n) is 17.8. The molecule has 1 atom stereocenters. The molecule has 1 unspecified atom stereocenters. The number of nitrogens with zero attached hydrogens (tertiary/aromatic N) is 4. The van der Waals surface area contributed by atoms with E-state index in [9.17, 15) is 14.4 Å². The Labute approximate surface area is 195 Å². The maximum atomic E-state index is 13.1. The van der Waals surface area contributed by atoms with Crippen molar-refractivity contribution in [2.45, 2.75) is 31.6 Å². The number of likely N-dealkylation sites (tertiary alicyclic amines) is 2. The molecule has 8 nitrogen and oxygen atoms in total. The second-order valence-corrected chi connectivity index (χ2v) is 10.4. The van der Waals surface area contributed by atoms with Crippen LogP contribution >= 0.6 is 22.9 Å². The molecule has 1 N–H and O–H groups in total. The van der Waals surface area contributed by atoms with Crippen LogP contribution in [0.25, 0.3) is 0 Å². The molecule has 32 heavy (non-hydrogen) atoms. The molecule has 0 aliphatic carbocycles. The Bertz CT molecular complexity index is 1100. The van der Waals surface area contributed by atoms with Gasteiger partial charge >= 0.3 is 6.03 Å². The largest absolute Gasteiger partial charge is 0.342 e. The summed E-state index contributed by atoms with van der Waals surface area (Å²) in [6, 6.07) is 5.63. The average Bonchev–Trinajstić information content (AvgIpc) is 3.39. The molecule has 3 aliphatic rings. The van der Waals surface area contributed by atoms with Gasteiger partial charge in [-0.2, -0.15) is 0 Å². The van der Waals surface area contributed by atoms with Crippen LogP contribution in [0, 0.1) is 0 Å². The number of anilines is 2. The van der Waals surface area contributed by atoms with Gasteiger partial charge in [0.1, 0.15) is 4.34 Å². The third-order valence-corrected chi connectivity index (χ3v) is 7.71. The number of urea groups is 1. The summed E-state index contributed by atoms with van der Waals surface area (Å²) in [6.45, 7) is 4.93. The fraction of sp³-hybridized carbons (Fsp3) is 0.455. The Morgan fingerprint density at radius 2 is 2.00 bits per heavy atom. The molecule has 1 aromatic carbocycles. The third-order valence-electron chi connectivity index (χ3n) is 6.68. The molecule has 5 rings (SSSR count). The lowest BCUT2D eigenvalue weighted by atomic mass is 9.81. The molecule has 0 bridgehead atoms. The van der Waals surface area contributed by atoms with Crippen molar-refractivity contribution in [1.29, 1.82) is 0 Å². The number of carbonyl (C=O) groups is 3. The summed E-state index contributed by atoms with van der Waals surface area (Å²) in [5.74, 6) is 0.170. The molecular weight excluding hydrogens is 450 g/mol. The van der Waals surface area contributed by atoms with Crippen LogP contribution in [0.2, 0.25) is 4.34 Å². The van der Waals surface area contributed by atoms with Crippen LogP contribution in [-0.2, 0) is 21.4 Å². The van der Waals surface area contributed by atoms with E-state index in [1.54, 1.807) is 11.8 Å². The van der Waals surface area contributed by atoms with Crippen LogP contribution in [0.3, 0.4) is 0 Å². The minimum absolute atomic E-state index is 0.0351. The number of hydrogen-bond donors (Lipinski definition) is 1. The van der Waals surface area contributed by atoms with E-state index in [0.717, 1.165) is 42.7 Å². The van der Waals surface area contributed by atoms with Crippen molar-refractivity contribution in [3.63, 3.8) is 0 Å². The van der Waals surface area contributed by atoms with Crippen LogP contribution in [-0.4, -0.2) is 65.4 Å². The van der Waals surface area contributed by atoms with Gasteiger partial charge in [0.2, 0.25) is 11.8 Å². The summed E-state index contributed by atoms with van der Waals surface area (Å²) >= 11 is 7.15. The van der Waals surface area contributed by atoms with E-state index in [-0.39, 0.29) is 23.3 Å². The average molecular weight is 474 g/mol. The monoisotopic (exact) mass is 473 g/mol. The van der Waals surface area contributed by atoms with E-state index in [1.165, 1.54) is 17.5 Å². The summed E-state index contributed by atoms with van der Waals surface area (Å²) in [5.41, 5.74) is 2.45. The van der Waals surface area contributed by atoms with Crippen molar-refractivity contribution in [1.82, 2.24) is 14.8 Å². The molecule has 10 heteroatoms. The maximum absolute atomic E-state index is 13.1. The van der Waals surface area contributed by atoms with Crippen molar-refractivity contribution in [2.24, 2.45) is 0 Å². The van der Waals surface area contributed by atoms with E-state index in [0.29, 0.717) is 35.5 Å². The second-order valence-electron chi connectivity index (χ2n) is 8.72. The van der Waals surface area contributed by atoms with Gasteiger partial charge in [-0.25, -0.2) is 9.78 Å². The van der Waals surface area contributed by atoms with Gasteiger partial charge in [-0.05, 0) is 30.0 Å². The van der Waals surface area contributed by atoms with Crippen LogP contribution in [0.1, 0.15) is 30.9 Å². The Morgan fingerprint density at radius 3 is 2.62 bits per heavy atom. The van der Waals surface area contributed by atoms with Crippen LogP contribution < -0.4 is 10.2 Å². The first-order valence-electron chi connectivity index (χ1n) is 10.7. The van der Waals surface area contributed by atoms with Crippen molar-refractivity contribution in [3.8, 4) is 0 Å². The highest BCUT2D eigenvalue weighted by Crippen LogP contribution is 2.47. The van der Waals surface area contributed by atoms with E-state index >= 15 is 0 Å². The van der Waals surface area contributed by atoms with Gasteiger partial charge in [0, 0.05) is 50.7 Å². The minimum Gasteiger partial charge on any atom is -0.342 e. The topological polar surface area (TPSA) is 85.9 Å². The Balaban J connectivity index is 1.45. The number of aromatic nitrogens is 1. The molecular formula is C22H24ClN5O3S. The van der Waals surface area contributed by atoms with Gasteiger partial charge in [0.05, 0.1) is 12.6 Å². The molecule has 1 spiro atoms. The van der Waals surface area contributed by atoms with Crippen LogP contribution in [0.5, 0.6) is 0 Å². The predicted octanol–water partition coefficient (Wildman–Crippen LogP) is 3.11. The number of nitrogens with one attached hydrogen (secondary N) is 1. The van der Waals surface area contributed by atoms with E-state index in [2.05, 4.69) is 16.4 Å². The van der Waals surface area contributed by atoms with Crippen molar-refractivity contribution < 1.29 is 14.4 Å². The van der Waals surface area contributed by atoms with Gasteiger partial charge in [0.25, 0.3) is 0 Å². The van der Waals surface area contributed by atoms with Crippen LogP contribution in [0.4, 0.5) is 15.6 Å². The molecule has 3 aliphatic heterocycles. The summed E-state index contributed by atoms with van der Waals surface area (Å²) in [4.78, 5) is 47.2. The summed E-state index contributed by atoms with van der Waals surface area (Å²) < 4.78 is 0.503. The number of rotatable bonds is 3. The lowest BCUT2D eigenvalue weighted by Gasteiger charge is -2.31. The van der Waals surface area contributed by atoms with Crippen molar-refractivity contribution in [2.75, 3.05) is 42.9 Å². The SMILES string of the molecule is CC(=O)N1CCC2(C1)CN(C(=O)Nc1ncc(Cl)s1)c1ccc(CC(=O)N3CCC3)cc12. The zero-order chi connectivity index (χ0) is 22.5. The van der Waals surface area contributed by atoms with E-state index in [1.807, 2.05) is 21.9 Å². The molecule has 2 aromatic rings. The maximum Gasteiger partial charge on any atom is 0.328 e. The van der Waals surface area contributed by atoms with Crippen molar-refractivity contribution in [3.05, 3.63) is 39.9 Å². The fourth-order valence-corrected chi connectivity index (χ4v) is 5.62. The minimum atomic E-state index is -0.339. The molecule has 0 radical (unpaired) electrons. The molecule has 2 fully saturated rings. The number of benzene rings is 1. The first-order valence-corrected chi connectivity index (χ1v) is 11.9. The first kappa shape index (κ1) is 21.2. The number of hydrogen-bond acceptors (Lipinski definition) is 5. The smallest absolute Gasteiger partial charge is 0.328 e. The van der Waals surface area contributed by atoms with E-state index < -0.39 is 0 Å². The molecule has 0 saturated carbocycles. The summed E-state index contributed by atoms with van der Waals surface area (Å²) in [7, 11) is 0. The number of thiazole rings is 1. The Kier molecular flexibility index (Phi) is 5.33. The Hall–Kier alpha value is -2.65. The predicted molar refractivity (Wildman–Crippen MR) is 123 cm³/mol. The van der Waals surface area contributed by atoms with Gasteiger partial charge in [0.15, 0.2) is 5.13 Å². The normalized spacial score (nSPS) is 21.6. The zero-order valence-corrected chi connectivity index (χ0v) is 19.3. The highest BCUT2D eigenvalue weighted by atomic mass is 35.5. The number of carbonyl (C=O) groups excluding carboxylic acids is 3. The first-order chi connectivity index (χ1) is 15.3. The van der Waals surface area contributed by atoms with Gasteiger partial charge < -0.3 is 9.80 Å². The molecule has 168 valence electrons. The summed E-state index contributed by atoms with van der Waals surface area (Å²) in [6.07, 6.45) is 3.69. The van der Waals surface area contributed by atoms with Gasteiger partial charge in [-0.1, -0.05) is 35.1 Å². The quantitative estimate of drug-likeness (QED) is 0.742. The highest BCUT2D eigenvalue weighted by molar-refractivity contribution is 7.19. The molecule has 1 aromatic heterocycles. The number of fused-ring (bicyclic) bond motifs is 2. The van der Waals surface area contributed by atoms with Crippen molar-refractivity contribution >= 4 is 51.6 Å². The van der Waals surface area contributed by atoms with Gasteiger partial charge in [-0.3, -0.25) is 19.8 Å².